The lowest BCUT2D eigenvalue weighted by Crippen LogP contribution is -2.20. The highest BCUT2D eigenvalue weighted by atomic mass is 35.7. The second kappa shape index (κ2) is 6.56. The molecule has 0 radical (unpaired) electrons. The molecule has 0 saturated heterocycles. The average Bonchev–Trinajstić information content (AvgIpc) is 2.27. The van der Waals surface area contributed by atoms with Crippen LogP contribution in [-0.4, -0.2) is 27.0 Å². The lowest BCUT2D eigenvalue weighted by atomic mass is 10.3. The highest BCUT2D eigenvalue weighted by Gasteiger charge is 2.13. The number of benzene rings is 1. The summed E-state index contributed by atoms with van der Waals surface area (Å²) in [6.07, 6.45) is -0.0648. The van der Waals surface area contributed by atoms with E-state index in [2.05, 4.69) is 5.32 Å². The zero-order valence-electron chi connectivity index (χ0n) is 10.3. The second-order valence-corrected chi connectivity index (χ2v) is 6.96. The van der Waals surface area contributed by atoms with Crippen molar-refractivity contribution in [1.82, 2.24) is 0 Å². The van der Waals surface area contributed by atoms with Crippen molar-refractivity contribution in [2.75, 3.05) is 11.9 Å². The molecule has 5 nitrogen and oxygen atoms in total. The van der Waals surface area contributed by atoms with Crippen LogP contribution in [0.15, 0.2) is 23.1 Å². The average molecular weight is 326 g/mol. The van der Waals surface area contributed by atoms with Gasteiger partial charge in [-0.2, -0.15) is 0 Å². The molecule has 8 heteroatoms. The molecular weight excluding hydrogens is 313 g/mol. The maximum absolute atomic E-state index is 11.5. The van der Waals surface area contributed by atoms with Gasteiger partial charge in [-0.25, -0.2) is 8.42 Å². The highest BCUT2D eigenvalue weighted by molar-refractivity contribution is 8.13. The summed E-state index contributed by atoms with van der Waals surface area (Å²) >= 11 is 5.86. The lowest BCUT2D eigenvalue weighted by Gasteiger charge is -2.10. The van der Waals surface area contributed by atoms with E-state index in [4.69, 9.17) is 27.0 Å². The second-order valence-electron chi connectivity index (χ2n) is 3.99. The summed E-state index contributed by atoms with van der Waals surface area (Å²) in [6, 6.07) is 3.79. The van der Waals surface area contributed by atoms with Gasteiger partial charge in [0.25, 0.3) is 9.05 Å². The molecule has 0 aliphatic rings. The Balaban J connectivity index is 2.78. The summed E-state index contributed by atoms with van der Waals surface area (Å²) in [6.45, 7) is 3.50. The number of hydrogen-bond donors (Lipinski definition) is 1. The topological polar surface area (TPSA) is 72.5 Å². The molecule has 1 rings (SSSR count). The number of hydrogen-bond acceptors (Lipinski definition) is 4. The van der Waals surface area contributed by atoms with Gasteiger partial charge in [0.05, 0.1) is 21.7 Å². The Labute approximate surface area is 121 Å². The normalized spacial score (nSPS) is 11.6. The van der Waals surface area contributed by atoms with Crippen molar-refractivity contribution in [3.8, 4) is 0 Å². The highest BCUT2D eigenvalue weighted by Crippen LogP contribution is 2.26. The van der Waals surface area contributed by atoms with E-state index in [1.165, 1.54) is 18.2 Å². The van der Waals surface area contributed by atoms with E-state index in [9.17, 15) is 13.2 Å². The molecule has 0 fully saturated rings. The smallest absolute Gasteiger partial charge is 0.261 e. The number of halogens is 2. The van der Waals surface area contributed by atoms with Gasteiger partial charge in [-0.1, -0.05) is 11.6 Å². The van der Waals surface area contributed by atoms with Crippen molar-refractivity contribution >= 4 is 42.9 Å². The molecule has 1 aromatic rings. The van der Waals surface area contributed by atoms with Crippen molar-refractivity contribution in [3.63, 3.8) is 0 Å². The first-order valence-electron chi connectivity index (χ1n) is 5.36. The third-order valence-corrected chi connectivity index (χ3v) is 3.71. The summed E-state index contributed by atoms with van der Waals surface area (Å²) in [5, 5.41) is 2.59. The third kappa shape index (κ3) is 5.36. The number of rotatable bonds is 5. The maximum atomic E-state index is 11.5. The van der Waals surface area contributed by atoms with Crippen LogP contribution < -0.4 is 5.32 Å². The molecule has 1 aromatic carbocycles. The Bertz CT molecular complexity index is 572. The zero-order chi connectivity index (χ0) is 14.6. The third-order valence-electron chi connectivity index (χ3n) is 2.04. The van der Waals surface area contributed by atoms with Gasteiger partial charge in [0, 0.05) is 10.7 Å². The van der Waals surface area contributed by atoms with Gasteiger partial charge in [0.2, 0.25) is 5.91 Å². The molecule has 1 N–H and O–H groups in total. The van der Waals surface area contributed by atoms with Crippen molar-refractivity contribution < 1.29 is 17.9 Å². The Morgan fingerprint density at radius 3 is 2.53 bits per heavy atom. The molecule has 19 heavy (non-hydrogen) atoms. The fourth-order valence-corrected chi connectivity index (χ4v) is 2.25. The van der Waals surface area contributed by atoms with Crippen LogP contribution in [-0.2, 0) is 18.6 Å². The van der Waals surface area contributed by atoms with Crippen LogP contribution in [0.1, 0.15) is 13.8 Å². The van der Waals surface area contributed by atoms with E-state index in [0.29, 0.717) is 5.69 Å². The van der Waals surface area contributed by atoms with Crippen LogP contribution in [0.4, 0.5) is 5.69 Å². The molecule has 0 aliphatic heterocycles. The number of carbonyl (C=O) groups is 1. The molecule has 0 aliphatic carbocycles. The van der Waals surface area contributed by atoms with Gasteiger partial charge in [-0.3, -0.25) is 4.79 Å². The van der Waals surface area contributed by atoms with Gasteiger partial charge in [0.1, 0.15) is 6.61 Å². The van der Waals surface area contributed by atoms with Crippen molar-refractivity contribution in [1.29, 1.82) is 0 Å². The van der Waals surface area contributed by atoms with Gasteiger partial charge >= 0.3 is 0 Å². The molecule has 0 atom stereocenters. The first-order valence-corrected chi connectivity index (χ1v) is 8.04. The summed E-state index contributed by atoms with van der Waals surface area (Å²) in [5.74, 6) is -0.378. The van der Waals surface area contributed by atoms with E-state index in [0.717, 1.165) is 0 Å². The van der Waals surface area contributed by atoms with Crippen LogP contribution in [0.5, 0.6) is 0 Å². The predicted molar refractivity (Wildman–Crippen MR) is 74.2 cm³/mol. The van der Waals surface area contributed by atoms with Crippen molar-refractivity contribution in [2.24, 2.45) is 0 Å². The Morgan fingerprint density at radius 1 is 1.42 bits per heavy atom. The van der Waals surface area contributed by atoms with Gasteiger partial charge in [0.15, 0.2) is 0 Å². The number of anilines is 1. The molecule has 106 valence electrons. The first-order chi connectivity index (χ1) is 8.70. The molecule has 1 amide bonds. The standard InChI is InChI=1S/C11H13Cl2NO4S/c1-7(2)18-6-11(15)14-10-4-3-8(5-9(10)12)19(13,16)17/h3-5,7H,6H2,1-2H3,(H,14,15). The Morgan fingerprint density at radius 2 is 2.05 bits per heavy atom. The first kappa shape index (κ1) is 16.2. The van der Waals surface area contributed by atoms with Crippen LogP contribution in [0.3, 0.4) is 0 Å². The predicted octanol–water partition coefficient (Wildman–Crippen LogP) is 2.63. The van der Waals surface area contributed by atoms with E-state index >= 15 is 0 Å². The number of nitrogens with one attached hydrogen (secondary N) is 1. The Kier molecular flexibility index (Phi) is 5.61. The van der Waals surface area contributed by atoms with Crippen LogP contribution >= 0.6 is 22.3 Å². The summed E-state index contributed by atoms with van der Waals surface area (Å²) < 4.78 is 27.3. The van der Waals surface area contributed by atoms with E-state index in [1.54, 1.807) is 13.8 Å². The van der Waals surface area contributed by atoms with E-state index in [-0.39, 0.29) is 28.5 Å². The fraction of sp³-hybridized carbons (Fsp3) is 0.364. The van der Waals surface area contributed by atoms with Crippen LogP contribution in [0.2, 0.25) is 5.02 Å². The van der Waals surface area contributed by atoms with Gasteiger partial charge < -0.3 is 10.1 Å². The largest absolute Gasteiger partial charge is 0.369 e. The molecule has 0 aromatic heterocycles. The van der Waals surface area contributed by atoms with Crippen molar-refractivity contribution in [2.45, 2.75) is 24.8 Å². The minimum atomic E-state index is -3.84. The van der Waals surface area contributed by atoms with E-state index < -0.39 is 9.05 Å². The van der Waals surface area contributed by atoms with Gasteiger partial charge in [-0.15, -0.1) is 0 Å². The Hall–Kier alpha value is -0.820. The summed E-state index contributed by atoms with van der Waals surface area (Å²) in [4.78, 5) is 11.4. The van der Waals surface area contributed by atoms with Crippen LogP contribution in [0, 0.1) is 0 Å². The molecule has 0 bridgehead atoms. The summed E-state index contributed by atoms with van der Waals surface area (Å²) in [7, 11) is 1.34. The van der Waals surface area contributed by atoms with Crippen molar-refractivity contribution in [3.05, 3.63) is 23.2 Å². The minimum Gasteiger partial charge on any atom is -0.369 e. The van der Waals surface area contributed by atoms with E-state index in [1.807, 2.05) is 0 Å². The monoisotopic (exact) mass is 325 g/mol. The molecule has 0 spiro atoms. The molecule has 0 saturated carbocycles. The lowest BCUT2D eigenvalue weighted by molar-refractivity contribution is -0.121. The number of ether oxygens (including phenoxy) is 1. The fourth-order valence-electron chi connectivity index (χ4n) is 1.18. The van der Waals surface area contributed by atoms with Gasteiger partial charge in [-0.05, 0) is 32.0 Å². The number of carbonyl (C=O) groups excluding carboxylic acids is 1. The molecule has 0 unspecified atom stereocenters. The SMILES string of the molecule is CC(C)OCC(=O)Nc1ccc(S(=O)(=O)Cl)cc1Cl. The molecular formula is C11H13Cl2NO4S. The minimum absolute atomic E-state index is 0.0648. The summed E-state index contributed by atoms with van der Waals surface area (Å²) in [5.41, 5.74) is 0.295. The number of amides is 1. The quantitative estimate of drug-likeness (QED) is 0.844. The zero-order valence-corrected chi connectivity index (χ0v) is 12.6. The van der Waals surface area contributed by atoms with Crippen LogP contribution in [0.25, 0.3) is 0 Å². The maximum Gasteiger partial charge on any atom is 0.261 e. The molecule has 0 heterocycles.